The van der Waals surface area contributed by atoms with Gasteiger partial charge in [0.15, 0.2) is 0 Å². The molecule has 0 spiro atoms. The number of carbonyl (C=O) groups excluding carboxylic acids is 1. The highest BCUT2D eigenvalue weighted by atomic mass is 32.2. The van der Waals surface area contributed by atoms with E-state index in [1.165, 1.54) is 23.6 Å². The van der Waals surface area contributed by atoms with Gasteiger partial charge < -0.3 is 10.1 Å². The average molecular weight is 409 g/mol. The third kappa shape index (κ3) is 5.78. The van der Waals surface area contributed by atoms with Gasteiger partial charge in [0.25, 0.3) is 0 Å². The van der Waals surface area contributed by atoms with Crippen molar-refractivity contribution in [2.75, 3.05) is 26.2 Å². The number of ether oxygens (including phenoxy) is 1. The molecule has 3 rings (SSSR count). The molecule has 1 amide bonds. The molecular formula is C21H32N2O4S. The molecule has 1 aliphatic carbocycles. The van der Waals surface area contributed by atoms with E-state index in [-0.39, 0.29) is 23.3 Å². The van der Waals surface area contributed by atoms with Crippen molar-refractivity contribution in [3.63, 3.8) is 0 Å². The van der Waals surface area contributed by atoms with Crippen molar-refractivity contribution in [2.45, 2.75) is 62.4 Å². The van der Waals surface area contributed by atoms with Gasteiger partial charge in [-0.2, -0.15) is 4.31 Å². The molecule has 7 heteroatoms. The van der Waals surface area contributed by atoms with E-state index in [1.807, 2.05) is 0 Å². The van der Waals surface area contributed by atoms with E-state index in [4.69, 9.17) is 4.74 Å². The fourth-order valence-corrected chi connectivity index (χ4v) is 5.57. The van der Waals surface area contributed by atoms with Crippen molar-refractivity contribution < 1.29 is 17.9 Å². The molecule has 1 aromatic rings. The van der Waals surface area contributed by atoms with Gasteiger partial charge >= 0.3 is 0 Å². The van der Waals surface area contributed by atoms with E-state index < -0.39 is 10.0 Å². The molecule has 1 aliphatic heterocycles. The van der Waals surface area contributed by atoms with Crippen LogP contribution in [0, 0.1) is 5.92 Å². The van der Waals surface area contributed by atoms with Crippen molar-refractivity contribution >= 4 is 15.9 Å². The topological polar surface area (TPSA) is 75.7 Å². The number of rotatable bonds is 8. The molecule has 0 unspecified atom stereocenters. The number of nitrogens with zero attached hydrogens (tertiary/aromatic N) is 1. The van der Waals surface area contributed by atoms with Crippen molar-refractivity contribution in [2.24, 2.45) is 5.92 Å². The molecule has 6 nitrogen and oxygen atoms in total. The molecule has 1 saturated heterocycles. The fraction of sp³-hybridized carbons (Fsp3) is 0.667. The lowest BCUT2D eigenvalue weighted by atomic mass is 9.98. The summed E-state index contributed by atoms with van der Waals surface area (Å²) in [6.45, 7) is 1.97. The normalized spacial score (nSPS) is 22.1. The number of amides is 1. The maximum absolute atomic E-state index is 12.8. The number of nitrogens with one attached hydrogen (secondary N) is 1. The number of piperidine rings is 1. The van der Waals surface area contributed by atoms with Crippen molar-refractivity contribution in [1.29, 1.82) is 0 Å². The lowest BCUT2D eigenvalue weighted by molar-refractivity contribution is -0.126. The summed E-state index contributed by atoms with van der Waals surface area (Å²) < 4.78 is 32.9. The predicted molar refractivity (Wildman–Crippen MR) is 108 cm³/mol. The largest absolute Gasteiger partial charge is 0.378 e. The first-order valence-electron chi connectivity index (χ1n) is 10.5. The van der Waals surface area contributed by atoms with Crippen LogP contribution in [0.4, 0.5) is 0 Å². The zero-order valence-electron chi connectivity index (χ0n) is 16.5. The van der Waals surface area contributed by atoms with Crippen LogP contribution in [0.1, 0.15) is 51.4 Å². The van der Waals surface area contributed by atoms with Crippen LogP contribution >= 0.6 is 0 Å². The van der Waals surface area contributed by atoms with E-state index in [1.54, 1.807) is 30.3 Å². The van der Waals surface area contributed by atoms with E-state index in [2.05, 4.69) is 5.32 Å². The van der Waals surface area contributed by atoms with Crippen molar-refractivity contribution in [3.05, 3.63) is 30.3 Å². The molecule has 28 heavy (non-hydrogen) atoms. The van der Waals surface area contributed by atoms with Crippen LogP contribution in [0.3, 0.4) is 0 Å². The Kier molecular flexibility index (Phi) is 7.88. The smallest absolute Gasteiger partial charge is 0.243 e. The Hall–Kier alpha value is -1.44. The highest BCUT2D eigenvalue weighted by Gasteiger charge is 2.33. The van der Waals surface area contributed by atoms with Crippen LogP contribution < -0.4 is 5.32 Å². The minimum absolute atomic E-state index is 0.0503. The lowest BCUT2D eigenvalue weighted by Gasteiger charge is -2.31. The van der Waals surface area contributed by atoms with Gasteiger partial charge in [-0.3, -0.25) is 4.79 Å². The summed E-state index contributed by atoms with van der Waals surface area (Å²) in [5.41, 5.74) is 0. The molecular weight excluding hydrogens is 376 g/mol. The number of sulfonamides is 1. The number of hydrogen-bond acceptors (Lipinski definition) is 4. The maximum atomic E-state index is 12.8. The molecule has 1 aromatic carbocycles. The van der Waals surface area contributed by atoms with Gasteiger partial charge in [0.1, 0.15) is 0 Å². The standard InChI is InChI=1S/C21H32N2O4S/c24-21(22-14-8-16-27-19-10-3-1-4-11-19)18-9-7-15-23(17-18)28(25,26)20-12-5-2-6-13-20/h2,5-6,12-13,18-19H,1,3-4,7-11,14-17H2,(H,22,24)/t18-/m1/s1. The first kappa shape index (κ1) is 21.3. The van der Waals surface area contributed by atoms with Crippen LogP contribution in [-0.4, -0.2) is 51.0 Å². The molecule has 156 valence electrons. The summed E-state index contributed by atoms with van der Waals surface area (Å²) in [7, 11) is -3.54. The van der Waals surface area contributed by atoms with E-state index >= 15 is 0 Å². The predicted octanol–water partition coefficient (Wildman–Crippen LogP) is 2.94. The first-order chi connectivity index (χ1) is 13.6. The second-order valence-corrected chi connectivity index (χ2v) is 9.73. The molecule has 0 radical (unpaired) electrons. The summed E-state index contributed by atoms with van der Waals surface area (Å²) in [4.78, 5) is 12.8. The molecule has 0 bridgehead atoms. The van der Waals surface area contributed by atoms with Gasteiger partial charge in [-0.1, -0.05) is 37.5 Å². The van der Waals surface area contributed by atoms with Gasteiger partial charge in [-0.25, -0.2) is 8.42 Å². The number of benzene rings is 1. The van der Waals surface area contributed by atoms with Gasteiger partial charge in [0.05, 0.1) is 16.9 Å². The quantitative estimate of drug-likeness (QED) is 0.671. The second-order valence-electron chi connectivity index (χ2n) is 7.79. The zero-order valence-corrected chi connectivity index (χ0v) is 17.3. The van der Waals surface area contributed by atoms with Gasteiger partial charge in [0, 0.05) is 26.2 Å². The Bertz CT molecular complexity index is 717. The first-order valence-corrected chi connectivity index (χ1v) is 12.0. The fourth-order valence-electron chi connectivity index (χ4n) is 4.03. The van der Waals surface area contributed by atoms with Crippen molar-refractivity contribution in [3.8, 4) is 0 Å². The zero-order chi connectivity index (χ0) is 19.8. The second kappa shape index (κ2) is 10.4. The summed E-state index contributed by atoms with van der Waals surface area (Å²) >= 11 is 0. The van der Waals surface area contributed by atoms with E-state index in [0.717, 1.165) is 25.7 Å². The third-order valence-corrected chi connectivity index (χ3v) is 7.54. The molecule has 1 atom stereocenters. The highest BCUT2D eigenvalue weighted by Crippen LogP contribution is 2.24. The Morgan fingerprint density at radius 2 is 1.82 bits per heavy atom. The molecule has 1 heterocycles. The molecule has 0 aromatic heterocycles. The Labute approximate surface area is 168 Å². The van der Waals surface area contributed by atoms with Crippen LogP contribution in [0.15, 0.2) is 35.2 Å². The average Bonchev–Trinajstić information content (AvgIpc) is 2.75. The summed E-state index contributed by atoms with van der Waals surface area (Å²) in [6.07, 6.45) is 8.74. The Morgan fingerprint density at radius 1 is 1.07 bits per heavy atom. The lowest BCUT2D eigenvalue weighted by Crippen LogP contribution is -2.45. The maximum Gasteiger partial charge on any atom is 0.243 e. The SMILES string of the molecule is O=C(NCCCOC1CCCCC1)[C@@H]1CCCN(S(=O)(=O)c2ccccc2)C1. The Morgan fingerprint density at radius 3 is 2.57 bits per heavy atom. The number of carbonyl (C=O) groups is 1. The van der Waals surface area contributed by atoms with Gasteiger partial charge in [0.2, 0.25) is 15.9 Å². The highest BCUT2D eigenvalue weighted by molar-refractivity contribution is 7.89. The third-order valence-electron chi connectivity index (χ3n) is 5.66. The van der Waals surface area contributed by atoms with Crippen LogP contribution in [0.2, 0.25) is 0 Å². The number of hydrogen-bond donors (Lipinski definition) is 1. The summed E-state index contributed by atoms with van der Waals surface area (Å²) in [6, 6.07) is 8.44. The summed E-state index contributed by atoms with van der Waals surface area (Å²) in [5, 5.41) is 2.96. The van der Waals surface area contributed by atoms with E-state index in [9.17, 15) is 13.2 Å². The van der Waals surface area contributed by atoms with Crippen molar-refractivity contribution in [1.82, 2.24) is 9.62 Å². The molecule has 1 saturated carbocycles. The van der Waals surface area contributed by atoms with Crippen LogP contribution in [-0.2, 0) is 19.6 Å². The van der Waals surface area contributed by atoms with Gasteiger partial charge in [-0.15, -0.1) is 0 Å². The monoisotopic (exact) mass is 408 g/mol. The molecule has 1 N–H and O–H groups in total. The molecule has 2 aliphatic rings. The minimum atomic E-state index is -3.54. The minimum Gasteiger partial charge on any atom is -0.378 e. The van der Waals surface area contributed by atoms with Crippen LogP contribution in [0.25, 0.3) is 0 Å². The van der Waals surface area contributed by atoms with Crippen LogP contribution in [0.5, 0.6) is 0 Å². The summed E-state index contributed by atoms with van der Waals surface area (Å²) in [5.74, 6) is -0.336. The van der Waals surface area contributed by atoms with Gasteiger partial charge in [-0.05, 0) is 44.2 Å². The van der Waals surface area contributed by atoms with E-state index in [0.29, 0.717) is 32.2 Å². The Balaban J connectivity index is 1.41. The molecule has 2 fully saturated rings.